The van der Waals surface area contributed by atoms with E-state index in [1.165, 1.54) is 6.07 Å². The van der Waals surface area contributed by atoms with Crippen molar-refractivity contribution in [3.8, 4) is 0 Å². The third-order valence-electron chi connectivity index (χ3n) is 2.05. The van der Waals surface area contributed by atoms with Gasteiger partial charge in [0.05, 0.1) is 10.6 Å². The summed E-state index contributed by atoms with van der Waals surface area (Å²) in [7, 11) is -3.98. The predicted octanol–water partition coefficient (Wildman–Crippen LogP) is 0.957. The van der Waals surface area contributed by atoms with Crippen LogP contribution >= 0.6 is 0 Å². The van der Waals surface area contributed by atoms with E-state index in [9.17, 15) is 18.5 Å². The van der Waals surface area contributed by atoms with Crippen LogP contribution in [0.5, 0.6) is 0 Å². The molecule has 0 unspecified atom stereocenters. The van der Waals surface area contributed by atoms with Gasteiger partial charge in [-0.1, -0.05) is 0 Å². The van der Waals surface area contributed by atoms with Crippen LogP contribution < -0.4 is 16.0 Å². The Kier molecular flexibility index (Phi) is 4.13. The molecule has 0 radical (unpaired) electrons. The maximum atomic E-state index is 12.1. The van der Waals surface area contributed by atoms with Crippen LogP contribution in [0.25, 0.3) is 0 Å². The molecule has 0 aromatic heterocycles. The van der Waals surface area contributed by atoms with Crippen molar-refractivity contribution < 1.29 is 13.3 Å². The first-order valence-corrected chi connectivity index (χ1v) is 6.84. The molecule has 0 aliphatic carbocycles. The van der Waals surface area contributed by atoms with Crippen LogP contribution in [0.4, 0.5) is 11.4 Å². The average Bonchev–Trinajstić information content (AvgIpc) is 2.24. The number of nitrogen functional groups attached to an aromatic ring is 1. The molecule has 0 aliphatic heterocycles. The van der Waals surface area contributed by atoms with Crippen molar-refractivity contribution in [1.29, 1.82) is 0 Å². The van der Waals surface area contributed by atoms with Gasteiger partial charge >= 0.3 is 0 Å². The standard InChI is InChI=1S/C10H16N4O4S/c1-10(2,3)13-19(17,18)9-5-4-7(12-11)6-8(9)14(15)16/h4-6,12-13H,11H2,1-3H3. The first-order chi connectivity index (χ1) is 8.57. The number of sulfonamides is 1. The summed E-state index contributed by atoms with van der Waals surface area (Å²) in [5.41, 5.74) is 1.21. The normalized spacial score (nSPS) is 12.2. The van der Waals surface area contributed by atoms with Crippen LogP contribution in [0.15, 0.2) is 23.1 Å². The first-order valence-electron chi connectivity index (χ1n) is 5.36. The van der Waals surface area contributed by atoms with E-state index in [0.29, 0.717) is 0 Å². The van der Waals surface area contributed by atoms with Gasteiger partial charge in [0.2, 0.25) is 10.0 Å². The minimum absolute atomic E-state index is 0.251. The number of hydrogen-bond donors (Lipinski definition) is 3. The minimum Gasteiger partial charge on any atom is -0.324 e. The number of nitro benzene ring substituents is 1. The fourth-order valence-electron chi connectivity index (χ4n) is 1.44. The highest BCUT2D eigenvalue weighted by Crippen LogP contribution is 2.27. The topological polar surface area (TPSA) is 127 Å². The van der Waals surface area contributed by atoms with Crippen LogP contribution in [-0.4, -0.2) is 18.9 Å². The third-order valence-corrected chi connectivity index (χ3v) is 3.86. The van der Waals surface area contributed by atoms with Crippen molar-refractivity contribution >= 4 is 21.4 Å². The zero-order valence-electron chi connectivity index (χ0n) is 10.8. The lowest BCUT2D eigenvalue weighted by Crippen LogP contribution is -2.40. The quantitative estimate of drug-likeness (QED) is 0.430. The molecule has 0 heterocycles. The fraction of sp³-hybridized carbons (Fsp3) is 0.400. The average molecular weight is 288 g/mol. The second kappa shape index (κ2) is 5.11. The van der Waals surface area contributed by atoms with E-state index in [4.69, 9.17) is 5.84 Å². The lowest BCUT2D eigenvalue weighted by Gasteiger charge is -2.20. The number of benzene rings is 1. The van der Waals surface area contributed by atoms with Crippen molar-refractivity contribution in [2.24, 2.45) is 5.84 Å². The summed E-state index contributed by atoms with van der Waals surface area (Å²) in [6, 6.07) is 3.56. The molecule has 0 atom stereocenters. The molecule has 9 heteroatoms. The molecule has 0 saturated heterocycles. The first kappa shape index (κ1) is 15.3. The summed E-state index contributed by atoms with van der Waals surface area (Å²) in [5.74, 6) is 5.14. The van der Waals surface area contributed by atoms with E-state index < -0.39 is 31.1 Å². The van der Waals surface area contributed by atoms with Gasteiger partial charge in [0.15, 0.2) is 4.90 Å². The molecule has 1 rings (SSSR count). The van der Waals surface area contributed by atoms with Crippen molar-refractivity contribution in [3.63, 3.8) is 0 Å². The molecule has 0 aliphatic rings. The van der Waals surface area contributed by atoms with E-state index >= 15 is 0 Å². The molecule has 8 nitrogen and oxygen atoms in total. The Morgan fingerprint density at radius 3 is 2.32 bits per heavy atom. The van der Waals surface area contributed by atoms with Crippen LogP contribution in [-0.2, 0) is 10.0 Å². The Morgan fingerprint density at radius 1 is 1.32 bits per heavy atom. The Balaban J connectivity index is 3.38. The van der Waals surface area contributed by atoms with Gasteiger partial charge in [0, 0.05) is 11.6 Å². The zero-order valence-corrected chi connectivity index (χ0v) is 11.6. The molecule has 0 fully saturated rings. The van der Waals surface area contributed by atoms with Crippen LogP contribution in [0.2, 0.25) is 0 Å². The largest absolute Gasteiger partial charge is 0.324 e. The van der Waals surface area contributed by atoms with Gasteiger partial charge in [0.1, 0.15) is 0 Å². The second-order valence-electron chi connectivity index (χ2n) is 4.94. The number of hydrazine groups is 1. The highest BCUT2D eigenvalue weighted by molar-refractivity contribution is 7.89. The maximum Gasteiger partial charge on any atom is 0.291 e. The van der Waals surface area contributed by atoms with E-state index in [2.05, 4.69) is 10.1 Å². The molecule has 0 saturated carbocycles. The van der Waals surface area contributed by atoms with E-state index in [0.717, 1.165) is 12.1 Å². The molecule has 19 heavy (non-hydrogen) atoms. The number of nitrogens with zero attached hydrogens (tertiary/aromatic N) is 1. The minimum atomic E-state index is -3.98. The van der Waals surface area contributed by atoms with Crippen molar-refractivity contribution in [2.45, 2.75) is 31.2 Å². The van der Waals surface area contributed by atoms with Gasteiger partial charge in [-0.05, 0) is 32.9 Å². The summed E-state index contributed by atoms with van der Waals surface area (Å²) in [6.45, 7) is 4.94. The molecular formula is C10H16N4O4S. The zero-order chi connectivity index (χ0) is 14.8. The Labute approximate surface area is 111 Å². The molecule has 0 bridgehead atoms. The predicted molar refractivity (Wildman–Crippen MR) is 71.0 cm³/mol. The highest BCUT2D eigenvalue weighted by Gasteiger charge is 2.29. The van der Waals surface area contributed by atoms with Crippen LogP contribution in [0.3, 0.4) is 0 Å². The van der Waals surface area contributed by atoms with E-state index in [1.54, 1.807) is 20.8 Å². The summed E-state index contributed by atoms with van der Waals surface area (Å²) in [5, 5.41) is 10.9. The lowest BCUT2D eigenvalue weighted by atomic mass is 10.1. The number of rotatable bonds is 4. The molecule has 1 aromatic carbocycles. The number of hydrogen-bond acceptors (Lipinski definition) is 6. The summed E-state index contributed by atoms with van der Waals surface area (Å²) < 4.78 is 26.6. The summed E-state index contributed by atoms with van der Waals surface area (Å²) >= 11 is 0. The molecule has 1 aromatic rings. The van der Waals surface area contributed by atoms with Gasteiger partial charge in [-0.25, -0.2) is 13.1 Å². The lowest BCUT2D eigenvalue weighted by molar-refractivity contribution is -0.387. The van der Waals surface area contributed by atoms with Crippen molar-refractivity contribution in [2.75, 3.05) is 5.43 Å². The molecule has 106 valence electrons. The Hall–Kier alpha value is -1.71. The van der Waals surface area contributed by atoms with Gasteiger partial charge in [0.25, 0.3) is 5.69 Å². The fourth-order valence-corrected chi connectivity index (χ4v) is 3.01. The summed E-state index contributed by atoms with van der Waals surface area (Å²) in [6.07, 6.45) is 0. The van der Waals surface area contributed by atoms with Crippen molar-refractivity contribution in [1.82, 2.24) is 4.72 Å². The van der Waals surface area contributed by atoms with Gasteiger partial charge in [-0.15, -0.1) is 0 Å². The van der Waals surface area contributed by atoms with Gasteiger partial charge in [-0.3, -0.25) is 16.0 Å². The Morgan fingerprint density at radius 2 is 1.89 bits per heavy atom. The molecular weight excluding hydrogens is 272 g/mol. The second-order valence-corrected chi connectivity index (χ2v) is 6.59. The Bertz CT molecular complexity index is 592. The van der Waals surface area contributed by atoms with Crippen LogP contribution in [0, 0.1) is 10.1 Å². The van der Waals surface area contributed by atoms with E-state index in [1.807, 2.05) is 0 Å². The number of nitrogens with one attached hydrogen (secondary N) is 2. The van der Waals surface area contributed by atoms with Gasteiger partial charge in [-0.2, -0.15) is 0 Å². The molecule has 0 amide bonds. The van der Waals surface area contributed by atoms with Gasteiger partial charge < -0.3 is 5.43 Å². The third kappa shape index (κ3) is 3.88. The molecule has 0 spiro atoms. The number of nitrogens with two attached hydrogens (primary N) is 1. The number of nitro groups is 1. The smallest absolute Gasteiger partial charge is 0.291 e. The summed E-state index contributed by atoms with van der Waals surface area (Å²) in [4.78, 5) is 9.78. The highest BCUT2D eigenvalue weighted by atomic mass is 32.2. The monoisotopic (exact) mass is 288 g/mol. The van der Waals surface area contributed by atoms with Crippen molar-refractivity contribution in [3.05, 3.63) is 28.3 Å². The SMILES string of the molecule is CC(C)(C)NS(=O)(=O)c1ccc(NN)cc1[N+](=O)[O-]. The van der Waals surface area contributed by atoms with Crippen LogP contribution in [0.1, 0.15) is 20.8 Å². The molecule has 4 N–H and O–H groups in total. The maximum absolute atomic E-state index is 12.1. The van der Waals surface area contributed by atoms with E-state index in [-0.39, 0.29) is 5.69 Å². The number of anilines is 1.